The van der Waals surface area contributed by atoms with E-state index in [1.165, 1.54) is 22.4 Å². The highest BCUT2D eigenvalue weighted by Gasteiger charge is 2.32. The van der Waals surface area contributed by atoms with Gasteiger partial charge in [-0.05, 0) is 54.2 Å². The van der Waals surface area contributed by atoms with Gasteiger partial charge in [0.05, 0.1) is 19.3 Å². The summed E-state index contributed by atoms with van der Waals surface area (Å²) in [7, 11) is 0. The molecule has 5 rings (SSSR count). The van der Waals surface area contributed by atoms with Gasteiger partial charge in [-0.15, -0.1) is 0 Å². The molecule has 178 valence electrons. The molecule has 0 saturated carbocycles. The van der Waals surface area contributed by atoms with Gasteiger partial charge in [0.2, 0.25) is 0 Å². The van der Waals surface area contributed by atoms with Gasteiger partial charge in [-0.1, -0.05) is 25.1 Å². The molecule has 0 spiro atoms. The van der Waals surface area contributed by atoms with Crippen molar-refractivity contribution < 1.29 is 9.84 Å². The van der Waals surface area contributed by atoms with Gasteiger partial charge < -0.3 is 14.4 Å². The molecule has 33 heavy (non-hydrogen) atoms. The molecule has 3 unspecified atom stereocenters. The fraction of sp³-hybridized carbons (Fsp3) is 0.600. The zero-order valence-corrected chi connectivity index (χ0v) is 20.3. The van der Waals surface area contributed by atoms with E-state index in [1.807, 2.05) is 0 Å². The van der Waals surface area contributed by atoms with Gasteiger partial charge in [-0.2, -0.15) is 4.37 Å². The average molecular weight is 470 g/mol. The Morgan fingerprint density at radius 3 is 2.73 bits per heavy atom. The van der Waals surface area contributed by atoms with Crippen molar-refractivity contribution >= 4 is 22.4 Å². The predicted molar refractivity (Wildman–Crippen MR) is 131 cm³/mol. The van der Waals surface area contributed by atoms with E-state index in [-0.39, 0.29) is 18.8 Å². The van der Waals surface area contributed by atoms with E-state index in [9.17, 15) is 0 Å². The van der Waals surface area contributed by atoms with Gasteiger partial charge in [0.15, 0.2) is 5.82 Å². The number of rotatable bonds is 8. The third-order valence-corrected chi connectivity index (χ3v) is 7.81. The van der Waals surface area contributed by atoms with Crippen molar-refractivity contribution in [2.45, 2.75) is 51.5 Å². The molecular weight excluding hydrogens is 434 g/mol. The molecule has 3 aromatic rings. The maximum atomic E-state index is 9.13. The number of hydrogen-bond acceptors (Lipinski definition) is 7. The molecule has 2 aliphatic heterocycles. The van der Waals surface area contributed by atoms with Crippen LogP contribution in [0.25, 0.3) is 10.9 Å². The summed E-state index contributed by atoms with van der Waals surface area (Å²) in [5, 5.41) is 11.5. The summed E-state index contributed by atoms with van der Waals surface area (Å²) in [5.74, 6) is 1.42. The first-order chi connectivity index (χ1) is 16.2. The summed E-state index contributed by atoms with van der Waals surface area (Å²) in [5.41, 5.74) is 1.31. The van der Waals surface area contributed by atoms with Crippen LogP contribution >= 0.6 is 11.5 Å². The highest BCUT2D eigenvalue weighted by molar-refractivity contribution is 7.05. The van der Waals surface area contributed by atoms with Gasteiger partial charge in [0, 0.05) is 51.0 Å². The molecular formula is C25H35N5O2S. The molecule has 8 heteroatoms. The van der Waals surface area contributed by atoms with E-state index in [0.717, 1.165) is 75.9 Å². The lowest BCUT2D eigenvalue weighted by Crippen LogP contribution is -2.46. The van der Waals surface area contributed by atoms with Crippen LogP contribution in [-0.4, -0.2) is 74.3 Å². The lowest BCUT2D eigenvalue weighted by Gasteiger charge is -2.34. The van der Waals surface area contributed by atoms with Crippen molar-refractivity contribution in [1.29, 1.82) is 0 Å². The van der Waals surface area contributed by atoms with Gasteiger partial charge in [0.25, 0.3) is 0 Å². The van der Waals surface area contributed by atoms with Crippen LogP contribution in [0.15, 0.2) is 36.5 Å². The Balaban J connectivity index is 1.22. The fourth-order valence-corrected chi connectivity index (χ4v) is 5.97. The van der Waals surface area contributed by atoms with Crippen molar-refractivity contribution in [3.8, 4) is 0 Å². The first-order valence-electron chi connectivity index (χ1n) is 12.3. The lowest BCUT2D eigenvalue weighted by molar-refractivity contribution is -0.0799. The topological polar surface area (TPSA) is 66.7 Å². The van der Waals surface area contributed by atoms with E-state index in [4.69, 9.17) is 19.2 Å². The van der Waals surface area contributed by atoms with E-state index < -0.39 is 0 Å². The molecule has 2 saturated heterocycles. The number of benzene rings is 1. The molecule has 4 heterocycles. The normalized spacial score (nSPS) is 25.1. The van der Waals surface area contributed by atoms with Gasteiger partial charge >= 0.3 is 0 Å². The highest BCUT2D eigenvalue weighted by atomic mass is 32.1. The molecule has 0 amide bonds. The summed E-state index contributed by atoms with van der Waals surface area (Å²) in [4.78, 5) is 9.67. The number of aliphatic hydroxyl groups excluding tert-OH is 1. The smallest absolute Gasteiger partial charge is 0.171 e. The van der Waals surface area contributed by atoms with E-state index >= 15 is 0 Å². The van der Waals surface area contributed by atoms with Crippen molar-refractivity contribution in [3.63, 3.8) is 0 Å². The number of ether oxygens (including phenoxy) is 1. The second-order valence-electron chi connectivity index (χ2n) is 9.41. The molecule has 1 N–H and O–H groups in total. The fourth-order valence-electron chi connectivity index (χ4n) is 5.24. The Bertz CT molecular complexity index is 1030. The quantitative estimate of drug-likeness (QED) is 0.544. The van der Waals surface area contributed by atoms with Crippen LogP contribution in [0.1, 0.15) is 43.1 Å². The maximum Gasteiger partial charge on any atom is 0.171 e. The van der Waals surface area contributed by atoms with Gasteiger partial charge in [-0.25, -0.2) is 4.98 Å². The van der Waals surface area contributed by atoms with Crippen LogP contribution in [0.2, 0.25) is 0 Å². The SMILES string of the molecule is CCC1CC(Cn2ccc3ccccc32)CC(c2nsc(CN3CCN(CCO)CC3)n2)O1. The Labute approximate surface area is 200 Å². The second kappa shape index (κ2) is 10.6. The van der Waals surface area contributed by atoms with E-state index in [2.05, 4.69) is 57.8 Å². The third-order valence-electron chi connectivity index (χ3n) is 7.10. The first kappa shape index (κ1) is 22.9. The van der Waals surface area contributed by atoms with Crippen LogP contribution in [0.3, 0.4) is 0 Å². The average Bonchev–Trinajstić information content (AvgIpc) is 3.48. The van der Waals surface area contributed by atoms with Crippen LogP contribution in [0.5, 0.6) is 0 Å². The Kier molecular flexibility index (Phi) is 7.37. The van der Waals surface area contributed by atoms with Gasteiger partial charge in [-0.3, -0.25) is 9.80 Å². The summed E-state index contributed by atoms with van der Waals surface area (Å²) in [6.45, 7) is 9.13. The minimum absolute atomic E-state index is 0.0121. The molecule has 0 radical (unpaired) electrons. The molecule has 2 aromatic heterocycles. The number of fused-ring (bicyclic) bond motifs is 1. The zero-order chi connectivity index (χ0) is 22.6. The minimum Gasteiger partial charge on any atom is -0.395 e. The monoisotopic (exact) mass is 469 g/mol. The number of nitrogens with zero attached hydrogens (tertiary/aromatic N) is 5. The summed E-state index contributed by atoms with van der Waals surface area (Å²) < 4.78 is 13.6. The van der Waals surface area contributed by atoms with E-state index in [1.54, 1.807) is 0 Å². The summed E-state index contributed by atoms with van der Waals surface area (Å²) >= 11 is 1.52. The molecule has 3 atom stereocenters. The van der Waals surface area contributed by atoms with Gasteiger partial charge in [0.1, 0.15) is 11.1 Å². The number of aliphatic hydroxyl groups is 1. The zero-order valence-electron chi connectivity index (χ0n) is 19.5. The van der Waals surface area contributed by atoms with Crippen molar-refractivity contribution in [3.05, 3.63) is 47.4 Å². The molecule has 0 bridgehead atoms. The largest absolute Gasteiger partial charge is 0.395 e. The molecule has 1 aromatic carbocycles. The minimum atomic E-state index is -0.0121. The Hall–Kier alpha value is -1.84. The highest BCUT2D eigenvalue weighted by Crippen LogP contribution is 2.36. The standard InChI is InChI=1S/C25H35N5O2S/c1-2-21-15-19(17-30-8-7-20-5-3-4-6-22(20)30)16-23(32-21)25-26-24(33-27-25)18-29-11-9-28(10-12-29)13-14-31/h3-8,19,21,23,31H,2,9-18H2,1H3. The first-order valence-corrected chi connectivity index (χ1v) is 13.1. The Morgan fingerprint density at radius 1 is 1.09 bits per heavy atom. The number of aromatic nitrogens is 3. The van der Waals surface area contributed by atoms with E-state index in [0.29, 0.717) is 5.92 Å². The maximum absolute atomic E-state index is 9.13. The molecule has 2 aliphatic rings. The lowest BCUT2D eigenvalue weighted by atomic mass is 9.90. The number of para-hydroxylation sites is 1. The van der Waals surface area contributed by atoms with Crippen LogP contribution in [0, 0.1) is 5.92 Å². The van der Waals surface area contributed by atoms with Crippen molar-refractivity contribution in [2.24, 2.45) is 5.92 Å². The summed E-state index contributed by atoms with van der Waals surface area (Å²) in [6, 6.07) is 10.8. The molecule has 7 nitrogen and oxygen atoms in total. The Morgan fingerprint density at radius 2 is 1.91 bits per heavy atom. The van der Waals surface area contributed by atoms with Crippen molar-refractivity contribution in [1.82, 2.24) is 23.7 Å². The molecule has 0 aliphatic carbocycles. The second-order valence-corrected chi connectivity index (χ2v) is 10.2. The molecule has 2 fully saturated rings. The van der Waals surface area contributed by atoms with Crippen molar-refractivity contribution in [2.75, 3.05) is 39.3 Å². The number of piperazine rings is 1. The van der Waals surface area contributed by atoms with Crippen LogP contribution in [-0.2, 0) is 17.8 Å². The third kappa shape index (κ3) is 5.46. The number of β-amino-alcohol motifs (C(OH)–C–C–N with tert-alkyl or cyclic N) is 1. The summed E-state index contributed by atoms with van der Waals surface area (Å²) in [6.07, 6.45) is 5.56. The predicted octanol–water partition coefficient (Wildman–Crippen LogP) is 3.55. The van der Waals surface area contributed by atoms with Crippen LogP contribution < -0.4 is 0 Å². The van der Waals surface area contributed by atoms with Crippen LogP contribution in [0.4, 0.5) is 0 Å². The number of hydrogen-bond donors (Lipinski definition) is 1.